The van der Waals surface area contributed by atoms with Crippen LogP contribution in [0.1, 0.15) is 0 Å². The standard InChI is InChI=1S/C19H12N4O3S/c1-26-13-6-7-15-11(8-13)9-14-17(20-15)27-19-21-16(22-23(19)18(14)25)10-2-4-12(24)5-3-10/h2-9,24H,1H3. The summed E-state index contributed by atoms with van der Waals surface area (Å²) in [4.78, 5) is 23.1. The second kappa shape index (κ2) is 5.75. The molecule has 5 aromatic rings. The van der Waals surface area contributed by atoms with E-state index in [4.69, 9.17) is 4.74 Å². The highest BCUT2D eigenvalue weighted by Gasteiger charge is 2.14. The molecule has 0 radical (unpaired) electrons. The van der Waals surface area contributed by atoms with Gasteiger partial charge in [0.05, 0.1) is 18.0 Å². The molecule has 2 aromatic carbocycles. The normalized spacial score (nSPS) is 11.4. The number of hydrogen-bond acceptors (Lipinski definition) is 7. The van der Waals surface area contributed by atoms with Crippen LogP contribution in [0.15, 0.2) is 53.3 Å². The number of aromatic nitrogens is 4. The Kier molecular flexibility index (Phi) is 3.34. The molecule has 0 amide bonds. The van der Waals surface area contributed by atoms with Gasteiger partial charge in [0.1, 0.15) is 16.3 Å². The van der Waals surface area contributed by atoms with Crippen molar-refractivity contribution in [1.29, 1.82) is 0 Å². The van der Waals surface area contributed by atoms with E-state index in [1.807, 2.05) is 18.2 Å². The molecule has 1 N–H and O–H groups in total. The number of fused-ring (bicyclic) bond motifs is 3. The Balaban J connectivity index is 1.78. The van der Waals surface area contributed by atoms with Gasteiger partial charge in [-0.3, -0.25) is 4.79 Å². The number of ether oxygens (including phenoxy) is 1. The quantitative estimate of drug-likeness (QED) is 0.476. The van der Waals surface area contributed by atoms with Gasteiger partial charge in [-0.25, -0.2) is 4.98 Å². The Bertz CT molecular complexity index is 1390. The topological polar surface area (TPSA) is 89.6 Å². The number of phenolic OH excluding ortho intramolecular Hbond substituents is 1. The third-order valence-corrected chi connectivity index (χ3v) is 5.25. The Labute approximate surface area is 156 Å². The highest BCUT2D eigenvalue weighted by molar-refractivity contribution is 7.22. The molecule has 0 aliphatic heterocycles. The molecular formula is C19H12N4O3S. The minimum absolute atomic E-state index is 0.159. The molecule has 0 saturated carbocycles. The summed E-state index contributed by atoms with van der Waals surface area (Å²) in [6.45, 7) is 0. The summed E-state index contributed by atoms with van der Waals surface area (Å²) in [5, 5.41) is 15.1. The molecule has 8 heteroatoms. The van der Waals surface area contributed by atoms with Crippen LogP contribution in [-0.4, -0.2) is 31.8 Å². The fourth-order valence-corrected chi connectivity index (χ4v) is 3.84. The van der Waals surface area contributed by atoms with Crippen LogP contribution in [0.2, 0.25) is 0 Å². The highest BCUT2D eigenvalue weighted by atomic mass is 32.1. The number of pyridine rings is 1. The summed E-state index contributed by atoms with van der Waals surface area (Å²) in [5.41, 5.74) is 1.23. The Morgan fingerprint density at radius 3 is 2.67 bits per heavy atom. The predicted octanol–water partition coefficient (Wildman–Crippen LogP) is 3.23. The van der Waals surface area contributed by atoms with Crippen LogP contribution in [0.25, 0.3) is 37.5 Å². The molecule has 0 bridgehead atoms. The summed E-state index contributed by atoms with van der Waals surface area (Å²) in [6, 6.07) is 13.9. The highest BCUT2D eigenvalue weighted by Crippen LogP contribution is 2.26. The van der Waals surface area contributed by atoms with Gasteiger partial charge in [0.15, 0.2) is 5.82 Å². The van der Waals surface area contributed by atoms with Gasteiger partial charge in [0.25, 0.3) is 5.56 Å². The van der Waals surface area contributed by atoms with Crippen LogP contribution in [0.3, 0.4) is 0 Å². The van der Waals surface area contributed by atoms with Gasteiger partial charge in [0.2, 0.25) is 4.96 Å². The van der Waals surface area contributed by atoms with E-state index in [0.717, 1.165) is 16.5 Å². The maximum absolute atomic E-state index is 12.9. The molecule has 7 nitrogen and oxygen atoms in total. The minimum atomic E-state index is -0.270. The van der Waals surface area contributed by atoms with E-state index < -0.39 is 0 Å². The Morgan fingerprint density at radius 1 is 1.07 bits per heavy atom. The molecule has 0 spiro atoms. The zero-order valence-corrected chi connectivity index (χ0v) is 14.9. The Morgan fingerprint density at radius 2 is 1.89 bits per heavy atom. The van der Waals surface area contributed by atoms with Gasteiger partial charge in [-0.2, -0.15) is 9.50 Å². The van der Waals surface area contributed by atoms with Crippen LogP contribution < -0.4 is 10.3 Å². The van der Waals surface area contributed by atoms with Gasteiger partial charge < -0.3 is 9.84 Å². The number of hydrogen-bond donors (Lipinski definition) is 1. The molecule has 0 atom stereocenters. The lowest BCUT2D eigenvalue weighted by molar-refractivity contribution is 0.415. The summed E-state index contributed by atoms with van der Waals surface area (Å²) < 4.78 is 6.54. The number of rotatable bonds is 2. The molecule has 0 aliphatic rings. The van der Waals surface area contributed by atoms with Crippen LogP contribution >= 0.6 is 11.3 Å². The Hall–Kier alpha value is -3.52. The van der Waals surface area contributed by atoms with Crippen LogP contribution in [0, 0.1) is 0 Å². The van der Waals surface area contributed by atoms with Crippen molar-refractivity contribution in [3.63, 3.8) is 0 Å². The van der Waals surface area contributed by atoms with Gasteiger partial charge in [-0.1, -0.05) is 11.3 Å². The summed E-state index contributed by atoms with van der Waals surface area (Å²) >= 11 is 1.31. The fourth-order valence-electron chi connectivity index (χ4n) is 2.92. The third-order valence-electron chi connectivity index (χ3n) is 4.30. The van der Waals surface area contributed by atoms with Crippen molar-refractivity contribution in [2.24, 2.45) is 0 Å². The third kappa shape index (κ3) is 2.49. The van der Waals surface area contributed by atoms with Crippen molar-refractivity contribution >= 4 is 37.4 Å². The van der Waals surface area contributed by atoms with Crippen LogP contribution in [-0.2, 0) is 0 Å². The maximum atomic E-state index is 12.9. The molecular weight excluding hydrogens is 364 g/mol. The van der Waals surface area contributed by atoms with Crippen LogP contribution in [0.4, 0.5) is 0 Å². The first-order valence-corrected chi connectivity index (χ1v) is 8.92. The summed E-state index contributed by atoms with van der Waals surface area (Å²) in [6.07, 6.45) is 0. The average Bonchev–Trinajstić information content (AvgIpc) is 3.11. The molecule has 3 aromatic heterocycles. The molecule has 0 unspecified atom stereocenters. The monoisotopic (exact) mass is 376 g/mol. The first kappa shape index (κ1) is 15.7. The SMILES string of the molecule is COc1ccc2nc3sc4nc(-c5ccc(O)cc5)nn4c(=O)c3cc2c1. The molecule has 0 saturated heterocycles. The van der Waals surface area contributed by atoms with E-state index in [1.165, 1.54) is 15.9 Å². The van der Waals surface area contributed by atoms with Crippen molar-refractivity contribution in [2.75, 3.05) is 7.11 Å². The smallest absolute Gasteiger partial charge is 0.283 e. The zero-order valence-electron chi connectivity index (χ0n) is 14.1. The number of nitrogens with zero attached hydrogens (tertiary/aromatic N) is 4. The number of aromatic hydroxyl groups is 1. The lowest BCUT2D eigenvalue weighted by Crippen LogP contribution is -2.13. The van der Waals surface area contributed by atoms with Crippen LogP contribution in [0.5, 0.6) is 11.5 Å². The number of methoxy groups -OCH3 is 1. The molecule has 3 heterocycles. The van der Waals surface area contributed by atoms with Gasteiger partial charge >= 0.3 is 0 Å². The number of phenols is 1. The van der Waals surface area contributed by atoms with E-state index in [-0.39, 0.29) is 11.3 Å². The van der Waals surface area contributed by atoms with Gasteiger partial charge in [-0.15, -0.1) is 5.10 Å². The molecule has 5 rings (SSSR count). The van der Waals surface area contributed by atoms with Crippen molar-refractivity contribution in [1.82, 2.24) is 19.6 Å². The van der Waals surface area contributed by atoms with E-state index in [1.54, 1.807) is 37.4 Å². The lowest BCUT2D eigenvalue weighted by Gasteiger charge is -2.03. The second-order valence-electron chi connectivity index (χ2n) is 5.98. The number of benzene rings is 2. The molecule has 132 valence electrons. The minimum Gasteiger partial charge on any atom is -0.508 e. The predicted molar refractivity (Wildman–Crippen MR) is 104 cm³/mol. The average molecular weight is 376 g/mol. The fraction of sp³-hybridized carbons (Fsp3) is 0.0526. The largest absolute Gasteiger partial charge is 0.508 e. The summed E-state index contributed by atoms with van der Waals surface area (Å²) in [5.74, 6) is 1.29. The summed E-state index contributed by atoms with van der Waals surface area (Å²) in [7, 11) is 1.60. The van der Waals surface area contributed by atoms with Gasteiger partial charge in [0, 0.05) is 10.9 Å². The van der Waals surface area contributed by atoms with Gasteiger partial charge in [-0.05, 0) is 48.5 Å². The van der Waals surface area contributed by atoms with Crippen molar-refractivity contribution in [3.05, 3.63) is 58.9 Å². The van der Waals surface area contributed by atoms with Crippen molar-refractivity contribution < 1.29 is 9.84 Å². The molecule has 0 aliphatic carbocycles. The van der Waals surface area contributed by atoms with Crippen molar-refractivity contribution in [2.45, 2.75) is 0 Å². The first-order chi connectivity index (χ1) is 13.1. The second-order valence-corrected chi connectivity index (χ2v) is 6.94. The van der Waals surface area contributed by atoms with E-state index in [0.29, 0.717) is 26.8 Å². The molecule has 0 fully saturated rings. The zero-order chi connectivity index (χ0) is 18.5. The lowest BCUT2D eigenvalue weighted by atomic mass is 10.2. The van der Waals surface area contributed by atoms with E-state index >= 15 is 0 Å². The van der Waals surface area contributed by atoms with Crippen molar-refractivity contribution in [3.8, 4) is 22.9 Å². The van der Waals surface area contributed by atoms with E-state index in [2.05, 4.69) is 15.1 Å². The van der Waals surface area contributed by atoms with E-state index in [9.17, 15) is 9.90 Å². The molecule has 27 heavy (non-hydrogen) atoms. The first-order valence-electron chi connectivity index (χ1n) is 8.10. The maximum Gasteiger partial charge on any atom is 0.283 e.